The van der Waals surface area contributed by atoms with Crippen molar-refractivity contribution in [3.8, 4) is 5.75 Å². The third kappa shape index (κ3) is 5.26. The summed E-state index contributed by atoms with van der Waals surface area (Å²) in [7, 11) is 0. The standard InChI is InChI=1S/C25H37NO3/c1-3-4-9-28-23-7-5-19(6-8-23)10-18(2)26-24(27)29-17-25-14-20-11-21(15-25)13-22(12-20)16-25/h5-8,18,20-22H,3-4,9-17H2,1-2H3,(H,26,27). The Morgan fingerprint density at radius 1 is 1.10 bits per heavy atom. The predicted molar refractivity (Wildman–Crippen MR) is 115 cm³/mol. The van der Waals surface area contributed by atoms with Crippen LogP contribution in [0.5, 0.6) is 5.75 Å². The molecule has 1 aromatic carbocycles. The molecular weight excluding hydrogens is 362 g/mol. The number of alkyl carbamates (subject to hydrolysis) is 1. The molecule has 0 aromatic heterocycles. The van der Waals surface area contributed by atoms with Crippen molar-refractivity contribution in [1.82, 2.24) is 5.32 Å². The van der Waals surface area contributed by atoms with Crippen molar-refractivity contribution in [2.45, 2.75) is 77.7 Å². The van der Waals surface area contributed by atoms with Gasteiger partial charge in [-0.2, -0.15) is 0 Å². The minimum atomic E-state index is -0.257. The van der Waals surface area contributed by atoms with Gasteiger partial charge < -0.3 is 14.8 Å². The highest BCUT2D eigenvalue weighted by molar-refractivity contribution is 5.67. The summed E-state index contributed by atoms with van der Waals surface area (Å²) in [6, 6.07) is 8.25. The summed E-state index contributed by atoms with van der Waals surface area (Å²) < 4.78 is 11.5. The minimum Gasteiger partial charge on any atom is -0.494 e. The van der Waals surface area contributed by atoms with Crippen LogP contribution in [0.4, 0.5) is 4.79 Å². The van der Waals surface area contributed by atoms with Crippen molar-refractivity contribution >= 4 is 6.09 Å². The fourth-order valence-electron chi connectivity index (χ4n) is 6.39. The second-order valence-electron chi connectivity index (χ2n) is 10.1. The van der Waals surface area contributed by atoms with E-state index in [0.717, 1.165) is 49.4 Å². The van der Waals surface area contributed by atoms with E-state index in [1.807, 2.05) is 19.1 Å². The van der Waals surface area contributed by atoms with Crippen molar-refractivity contribution in [3.05, 3.63) is 29.8 Å². The molecule has 0 radical (unpaired) electrons. The van der Waals surface area contributed by atoms with Crippen LogP contribution in [0.25, 0.3) is 0 Å². The van der Waals surface area contributed by atoms with Gasteiger partial charge in [0.25, 0.3) is 0 Å². The van der Waals surface area contributed by atoms with E-state index >= 15 is 0 Å². The number of carbonyl (C=O) groups is 1. The first-order valence-electron chi connectivity index (χ1n) is 11.7. The lowest BCUT2D eigenvalue weighted by atomic mass is 9.50. The van der Waals surface area contributed by atoms with Gasteiger partial charge >= 0.3 is 6.09 Å². The molecular formula is C25H37NO3. The lowest BCUT2D eigenvalue weighted by molar-refractivity contribution is -0.0821. The van der Waals surface area contributed by atoms with Crippen LogP contribution in [-0.4, -0.2) is 25.3 Å². The van der Waals surface area contributed by atoms with E-state index in [4.69, 9.17) is 9.47 Å². The highest BCUT2D eigenvalue weighted by Crippen LogP contribution is 2.60. The van der Waals surface area contributed by atoms with Crippen LogP contribution in [-0.2, 0) is 11.2 Å². The molecule has 4 aliphatic rings. The third-order valence-electron chi connectivity index (χ3n) is 7.27. The maximum atomic E-state index is 12.4. The molecule has 1 amide bonds. The number of rotatable bonds is 9. The lowest BCUT2D eigenvalue weighted by Crippen LogP contribution is -2.49. The fourth-order valence-corrected chi connectivity index (χ4v) is 6.39. The Hall–Kier alpha value is -1.71. The zero-order valence-electron chi connectivity index (χ0n) is 18.1. The summed E-state index contributed by atoms with van der Waals surface area (Å²) in [5, 5.41) is 3.03. The summed E-state index contributed by atoms with van der Waals surface area (Å²) >= 11 is 0. The molecule has 1 unspecified atom stereocenters. The average Bonchev–Trinajstić information content (AvgIpc) is 2.67. The van der Waals surface area contributed by atoms with Crippen molar-refractivity contribution in [1.29, 1.82) is 0 Å². The largest absolute Gasteiger partial charge is 0.494 e. The average molecular weight is 400 g/mol. The quantitative estimate of drug-likeness (QED) is 0.539. The molecule has 1 aromatic rings. The van der Waals surface area contributed by atoms with Crippen molar-refractivity contribution in [3.63, 3.8) is 0 Å². The summed E-state index contributed by atoms with van der Waals surface area (Å²) in [4.78, 5) is 12.4. The van der Waals surface area contributed by atoms with E-state index in [1.165, 1.54) is 44.1 Å². The number of unbranched alkanes of at least 4 members (excludes halogenated alkanes) is 1. The maximum absolute atomic E-state index is 12.4. The molecule has 0 spiro atoms. The number of hydrogen-bond acceptors (Lipinski definition) is 3. The summed E-state index contributed by atoms with van der Waals surface area (Å²) in [6.45, 7) is 5.58. The predicted octanol–water partition coefficient (Wildman–Crippen LogP) is 5.74. The van der Waals surface area contributed by atoms with Gasteiger partial charge in [0.05, 0.1) is 13.2 Å². The SMILES string of the molecule is CCCCOc1ccc(CC(C)NC(=O)OCC23CC4CC(CC(C4)C2)C3)cc1. The Kier molecular flexibility index (Phi) is 6.36. The van der Waals surface area contributed by atoms with E-state index in [-0.39, 0.29) is 17.6 Å². The van der Waals surface area contributed by atoms with Crippen molar-refractivity contribution in [2.24, 2.45) is 23.2 Å². The van der Waals surface area contributed by atoms with Crippen LogP contribution in [0, 0.1) is 23.2 Å². The van der Waals surface area contributed by atoms with Crippen LogP contribution < -0.4 is 10.1 Å². The molecule has 4 nitrogen and oxygen atoms in total. The van der Waals surface area contributed by atoms with Gasteiger partial charge in [-0.15, -0.1) is 0 Å². The molecule has 1 atom stereocenters. The van der Waals surface area contributed by atoms with Crippen molar-refractivity contribution in [2.75, 3.05) is 13.2 Å². The summed E-state index contributed by atoms with van der Waals surface area (Å²) in [5.74, 6) is 3.58. The summed E-state index contributed by atoms with van der Waals surface area (Å²) in [6.07, 6.45) is 10.8. The van der Waals surface area contributed by atoms with Gasteiger partial charge in [0.15, 0.2) is 0 Å². The molecule has 0 heterocycles. The van der Waals surface area contributed by atoms with E-state index < -0.39 is 0 Å². The number of benzene rings is 1. The van der Waals surface area contributed by atoms with Crippen LogP contribution >= 0.6 is 0 Å². The van der Waals surface area contributed by atoms with Crippen LogP contribution in [0.15, 0.2) is 24.3 Å². The number of amides is 1. The van der Waals surface area contributed by atoms with Gasteiger partial charge in [0, 0.05) is 11.5 Å². The van der Waals surface area contributed by atoms with Gasteiger partial charge in [0.1, 0.15) is 5.75 Å². The van der Waals surface area contributed by atoms with Gasteiger partial charge in [-0.1, -0.05) is 25.5 Å². The Balaban J connectivity index is 1.20. The smallest absolute Gasteiger partial charge is 0.407 e. The molecule has 5 rings (SSSR count). The first kappa shape index (κ1) is 20.6. The van der Waals surface area contributed by atoms with Crippen LogP contribution in [0.2, 0.25) is 0 Å². The molecule has 1 N–H and O–H groups in total. The zero-order valence-corrected chi connectivity index (χ0v) is 18.1. The third-order valence-corrected chi connectivity index (χ3v) is 7.27. The van der Waals surface area contributed by atoms with Gasteiger partial charge in [-0.05, 0) is 93.7 Å². The minimum absolute atomic E-state index is 0.0470. The van der Waals surface area contributed by atoms with E-state index in [1.54, 1.807) is 0 Å². The molecule has 29 heavy (non-hydrogen) atoms. The Labute approximate surface area is 175 Å². The van der Waals surface area contributed by atoms with Crippen LogP contribution in [0.3, 0.4) is 0 Å². The molecule has 4 aliphatic carbocycles. The first-order valence-corrected chi connectivity index (χ1v) is 11.7. The van der Waals surface area contributed by atoms with Crippen LogP contribution in [0.1, 0.15) is 70.8 Å². The number of carbonyl (C=O) groups excluding carboxylic acids is 1. The number of nitrogens with one attached hydrogen (secondary N) is 1. The van der Waals surface area contributed by atoms with Gasteiger partial charge in [-0.25, -0.2) is 4.79 Å². The molecule has 0 aliphatic heterocycles. The fraction of sp³-hybridized carbons (Fsp3) is 0.720. The number of ether oxygens (including phenoxy) is 2. The zero-order chi connectivity index (χ0) is 20.3. The Morgan fingerprint density at radius 2 is 1.72 bits per heavy atom. The molecule has 4 heteroatoms. The highest BCUT2D eigenvalue weighted by atomic mass is 16.5. The molecule has 4 saturated carbocycles. The van der Waals surface area contributed by atoms with Gasteiger partial charge in [0.2, 0.25) is 0 Å². The number of hydrogen-bond donors (Lipinski definition) is 1. The first-order chi connectivity index (χ1) is 14.0. The normalized spacial score (nSPS) is 30.8. The van der Waals surface area contributed by atoms with Crippen molar-refractivity contribution < 1.29 is 14.3 Å². The molecule has 160 valence electrons. The van der Waals surface area contributed by atoms with E-state index in [9.17, 15) is 4.79 Å². The maximum Gasteiger partial charge on any atom is 0.407 e. The second-order valence-corrected chi connectivity index (χ2v) is 10.1. The highest BCUT2D eigenvalue weighted by Gasteiger charge is 2.51. The Bertz CT molecular complexity index is 649. The summed E-state index contributed by atoms with van der Waals surface area (Å²) in [5.41, 5.74) is 1.48. The van der Waals surface area contributed by atoms with E-state index in [2.05, 4.69) is 24.4 Å². The van der Waals surface area contributed by atoms with E-state index in [0.29, 0.717) is 6.61 Å². The molecule has 0 saturated heterocycles. The molecule has 4 fully saturated rings. The Morgan fingerprint density at radius 3 is 2.31 bits per heavy atom. The topological polar surface area (TPSA) is 47.6 Å². The lowest BCUT2D eigenvalue weighted by Gasteiger charge is -2.56. The second kappa shape index (κ2) is 8.97. The van der Waals surface area contributed by atoms with Gasteiger partial charge in [-0.3, -0.25) is 0 Å². The molecule has 4 bridgehead atoms. The monoisotopic (exact) mass is 399 g/mol.